The molecule has 0 saturated carbocycles. The van der Waals surface area contributed by atoms with Crippen LogP contribution in [0.15, 0.2) is 0 Å². The number of amides is 1. The van der Waals surface area contributed by atoms with Crippen molar-refractivity contribution >= 4 is 11.9 Å². The topological polar surface area (TPSA) is 83.6 Å². The molecule has 1 atom stereocenters. The molecule has 0 aromatic heterocycles. The summed E-state index contributed by atoms with van der Waals surface area (Å²) in [6, 6.07) is -0.564. The molecule has 3 N–H and O–H groups in total. The van der Waals surface area contributed by atoms with Crippen LogP contribution < -0.4 is 5.73 Å². The summed E-state index contributed by atoms with van der Waals surface area (Å²) in [4.78, 5) is 23.4. The lowest BCUT2D eigenvalue weighted by atomic mass is 9.82. The largest absolute Gasteiger partial charge is 0.480 e. The molecule has 0 bridgehead atoms. The van der Waals surface area contributed by atoms with E-state index in [9.17, 15) is 9.59 Å². The minimum Gasteiger partial charge on any atom is -0.480 e. The molecule has 0 radical (unpaired) electrons. The van der Waals surface area contributed by atoms with Gasteiger partial charge in [0.25, 0.3) is 0 Å². The summed E-state index contributed by atoms with van der Waals surface area (Å²) in [6.07, 6.45) is 0.439. The molecule has 1 saturated heterocycles. The van der Waals surface area contributed by atoms with E-state index in [1.54, 1.807) is 0 Å². The molecule has 5 nitrogen and oxygen atoms in total. The molecule has 15 heavy (non-hydrogen) atoms. The Morgan fingerprint density at radius 3 is 2.33 bits per heavy atom. The number of likely N-dealkylation sites (tertiary alicyclic amines) is 1. The molecule has 1 fully saturated rings. The maximum Gasteiger partial charge on any atom is 0.320 e. The van der Waals surface area contributed by atoms with E-state index < -0.39 is 17.9 Å². The van der Waals surface area contributed by atoms with Crippen LogP contribution in [-0.4, -0.2) is 41.0 Å². The van der Waals surface area contributed by atoms with Gasteiger partial charge in [0.05, 0.1) is 0 Å². The molecule has 5 heteroatoms. The number of carboxylic acids is 1. The number of rotatable bonds is 5. The minimum absolute atomic E-state index is 0.133. The van der Waals surface area contributed by atoms with Gasteiger partial charge in [-0.2, -0.15) is 0 Å². The van der Waals surface area contributed by atoms with Gasteiger partial charge in [-0.25, -0.2) is 0 Å². The van der Waals surface area contributed by atoms with E-state index >= 15 is 0 Å². The fourth-order valence-corrected chi connectivity index (χ4v) is 2.01. The van der Waals surface area contributed by atoms with Gasteiger partial charge in [0, 0.05) is 19.5 Å². The number of aliphatic carboxylic acids is 1. The first-order valence-electron chi connectivity index (χ1n) is 5.07. The Morgan fingerprint density at radius 1 is 1.47 bits per heavy atom. The quantitative estimate of drug-likeness (QED) is 0.677. The summed E-state index contributed by atoms with van der Waals surface area (Å²) in [5.41, 5.74) is 5.20. The van der Waals surface area contributed by atoms with E-state index in [0.29, 0.717) is 6.42 Å². The molecular formula is C10H18N2O3. The highest BCUT2D eigenvalue weighted by Crippen LogP contribution is 2.31. The third kappa shape index (κ3) is 3.20. The van der Waals surface area contributed by atoms with Crippen LogP contribution in [0.2, 0.25) is 0 Å². The SMILES string of the molecule is CC1(C)CN(C(CCC(N)=O)C(=O)O)C1. The number of hydrogen-bond acceptors (Lipinski definition) is 3. The van der Waals surface area contributed by atoms with Gasteiger partial charge in [-0.15, -0.1) is 0 Å². The van der Waals surface area contributed by atoms with E-state index in [1.807, 2.05) is 4.90 Å². The second kappa shape index (κ2) is 4.18. The number of hydrogen-bond donors (Lipinski definition) is 2. The molecule has 0 aromatic rings. The van der Waals surface area contributed by atoms with Crippen LogP contribution in [0.3, 0.4) is 0 Å². The normalized spacial score (nSPS) is 21.7. The lowest BCUT2D eigenvalue weighted by Crippen LogP contribution is -2.59. The highest BCUT2D eigenvalue weighted by atomic mass is 16.4. The number of nitrogens with two attached hydrogens (primary N) is 1. The molecule has 0 spiro atoms. The molecule has 1 amide bonds. The summed E-state index contributed by atoms with van der Waals surface area (Å²) in [6.45, 7) is 5.72. The van der Waals surface area contributed by atoms with Crippen molar-refractivity contribution in [1.82, 2.24) is 4.90 Å². The number of nitrogens with zero attached hydrogens (tertiary/aromatic N) is 1. The van der Waals surface area contributed by atoms with E-state index in [2.05, 4.69) is 13.8 Å². The Morgan fingerprint density at radius 2 is 2.00 bits per heavy atom. The molecule has 1 aliphatic heterocycles. The molecule has 0 aromatic carbocycles. The Bertz CT molecular complexity index is 268. The average molecular weight is 214 g/mol. The van der Waals surface area contributed by atoms with Crippen molar-refractivity contribution in [3.8, 4) is 0 Å². The maximum absolute atomic E-state index is 11.0. The first-order chi connectivity index (χ1) is 6.82. The summed E-state index contributed by atoms with van der Waals surface area (Å²) in [7, 11) is 0. The summed E-state index contributed by atoms with van der Waals surface area (Å²) >= 11 is 0. The van der Waals surface area contributed by atoms with Gasteiger partial charge < -0.3 is 10.8 Å². The van der Waals surface area contributed by atoms with E-state index in [1.165, 1.54) is 0 Å². The fraction of sp³-hybridized carbons (Fsp3) is 0.800. The van der Waals surface area contributed by atoms with Crippen molar-refractivity contribution in [3.05, 3.63) is 0 Å². The molecule has 1 rings (SSSR count). The molecule has 86 valence electrons. The highest BCUT2D eigenvalue weighted by Gasteiger charge is 2.40. The fourth-order valence-electron chi connectivity index (χ4n) is 2.01. The van der Waals surface area contributed by atoms with Gasteiger partial charge >= 0.3 is 5.97 Å². The van der Waals surface area contributed by atoms with Crippen molar-refractivity contribution < 1.29 is 14.7 Å². The smallest absolute Gasteiger partial charge is 0.320 e. The van der Waals surface area contributed by atoms with Crippen molar-refractivity contribution in [1.29, 1.82) is 0 Å². The first-order valence-corrected chi connectivity index (χ1v) is 5.07. The number of carboxylic acid groups (broad SMARTS) is 1. The zero-order chi connectivity index (χ0) is 11.6. The Balaban J connectivity index is 2.46. The third-order valence-electron chi connectivity index (χ3n) is 2.65. The van der Waals surface area contributed by atoms with Crippen molar-refractivity contribution in [2.24, 2.45) is 11.1 Å². The predicted molar refractivity (Wildman–Crippen MR) is 55.2 cm³/mol. The monoisotopic (exact) mass is 214 g/mol. The number of primary amides is 1. The Labute approximate surface area is 89.2 Å². The lowest BCUT2D eigenvalue weighted by Gasteiger charge is -2.48. The van der Waals surface area contributed by atoms with E-state index in [4.69, 9.17) is 10.8 Å². The van der Waals surface area contributed by atoms with Crippen LogP contribution in [0.4, 0.5) is 0 Å². The van der Waals surface area contributed by atoms with Gasteiger partial charge in [-0.3, -0.25) is 14.5 Å². The maximum atomic E-state index is 11.0. The summed E-state index contributed by atoms with van der Waals surface area (Å²) in [5, 5.41) is 9.00. The van der Waals surface area contributed by atoms with Crippen molar-refractivity contribution in [2.45, 2.75) is 32.7 Å². The van der Waals surface area contributed by atoms with Gasteiger partial charge in [-0.05, 0) is 11.8 Å². The van der Waals surface area contributed by atoms with Crippen LogP contribution in [-0.2, 0) is 9.59 Å². The standard InChI is InChI=1S/C10H18N2O3/c1-10(2)5-12(6-10)7(9(14)15)3-4-8(11)13/h7H,3-6H2,1-2H3,(H2,11,13)(H,14,15). The van der Waals surface area contributed by atoms with Crippen molar-refractivity contribution in [2.75, 3.05) is 13.1 Å². The molecule has 1 heterocycles. The molecular weight excluding hydrogens is 196 g/mol. The van der Waals surface area contributed by atoms with E-state index in [-0.39, 0.29) is 11.8 Å². The average Bonchev–Trinajstić information content (AvgIpc) is 1.99. The second-order valence-electron chi connectivity index (χ2n) is 4.93. The summed E-state index contributed by atoms with van der Waals surface area (Å²) < 4.78 is 0. The van der Waals surface area contributed by atoms with Crippen LogP contribution >= 0.6 is 0 Å². The molecule has 1 aliphatic rings. The number of carbonyl (C=O) groups excluding carboxylic acids is 1. The van der Waals surface area contributed by atoms with E-state index in [0.717, 1.165) is 13.1 Å². The minimum atomic E-state index is -0.869. The third-order valence-corrected chi connectivity index (χ3v) is 2.65. The Hall–Kier alpha value is -1.10. The highest BCUT2D eigenvalue weighted by molar-refractivity contribution is 5.77. The molecule has 1 unspecified atom stereocenters. The van der Waals surface area contributed by atoms with Gasteiger partial charge in [0.2, 0.25) is 5.91 Å². The number of carbonyl (C=O) groups is 2. The second-order valence-corrected chi connectivity index (χ2v) is 4.93. The van der Waals surface area contributed by atoms with Crippen LogP contribution in [0.1, 0.15) is 26.7 Å². The Kier molecular flexibility index (Phi) is 3.34. The van der Waals surface area contributed by atoms with Crippen LogP contribution in [0, 0.1) is 5.41 Å². The first kappa shape index (κ1) is 12.0. The molecule has 0 aliphatic carbocycles. The predicted octanol–water partition coefficient (Wildman–Crippen LogP) is 0.0469. The van der Waals surface area contributed by atoms with Gasteiger partial charge in [0.1, 0.15) is 6.04 Å². The van der Waals surface area contributed by atoms with Crippen LogP contribution in [0.25, 0.3) is 0 Å². The van der Waals surface area contributed by atoms with Crippen LogP contribution in [0.5, 0.6) is 0 Å². The lowest BCUT2D eigenvalue weighted by molar-refractivity contribution is -0.148. The zero-order valence-electron chi connectivity index (χ0n) is 9.19. The van der Waals surface area contributed by atoms with Gasteiger partial charge in [-0.1, -0.05) is 13.8 Å². The summed E-state index contributed by atoms with van der Waals surface area (Å²) in [5.74, 6) is -1.31. The van der Waals surface area contributed by atoms with Crippen molar-refractivity contribution in [3.63, 3.8) is 0 Å². The zero-order valence-corrected chi connectivity index (χ0v) is 9.19. The van der Waals surface area contributed by atoms with Gasteiger partial charge in [0.15, 0.2) is 0 Å².